The van der Waals surface area contributed by atoms with E-state index >= 15 is 0 Å². The van der Waals surface area contributed by atoms with Crippen molar-refractivity contribution in [2.45, 2.75) is 13.5 Å². The minimum absolute atomic E-state index is 0.566. The lowest BCUT2D eigenvalue weighted by molar-refractivity contribution is 0.306. The van der Waals surface area contributed by atoms with Crippen molar-refractivity contribution in [3.05, 3.63) is 65.7 Å². The quantitative estimate of drug-likeness (QED) is 0.505. The van der Waals surface area contributed by atoms with E-state index in [2.05, 4.69) is 10.5 Å². The predicted octanol–water partition coefficient (Wildman–Crippen LogP) is 4.23. The van der Waals surface area contributed by atoms with Crippen LogP contribution in [0.2, 0.25) is 0 Å². The van der Waals surface area contributed by atoms with Crippen LogP contribution in [0.1, 0.15) is 18.1 Å². The number of thioether (sulfide) groups is 1. The van der Waals surface area contributed by atoms with E-state index < -0.39 is 0 Å². The van der Waals surface area contributed by atoms with Gasteiger partial charge >= 0.3 is 0 Å². The van der Waals surface area contributed by atoms with Gasteiger partial charge < -0.3 is 4.74 Å². The fraction of sp³-hybridized carbons (Fsp3) is 0.176. The largest absolute Gasteiger partial charge is 0.489 e. The van der Waals surface area contributed by atoms with Crippen molar-refractivity contribution >= 4 is 34.0 Å². The number of rotatable bonds is 5. The third-order valence-corrected chi connectivity index (χ3v) is 4.07. The molecule has 114 valence electrons. The molecule has 0 aliphatic heterocycles. The number of nitrogens with zero attached hydrogens (tertiary/aromatic N) is 1. The molecule has 2 rings (SSSR count). The van der Waals surface area contributed by atoms with E-state index in [1.54, 1.807) is 0 Å². The second-order valence-electron chi connectivity index (χ2n) is 4.60. The standard InChI is InChI=1S/C17H18N2OS2/c1-13(18-19-17(21)22-2)15-8-10-16(11-9-15)20-12-14-6-4-3-5-7-14/h3-11H,12H2,1-2H3,(H,19,21). The summed E-state index contributed by atoms with van der Waals surface area (Å²) in [5.74, 6) is 0.841. The summed E-state index contributed by atoms with van der Waals surface area (Å²) in [4.78, 5) is 0. The molecule has 2 aromatic rings. The number of benzene rings is 2. The monoisotopic (exact) mass is 330 g/mol. The Hall–Kier alpha value is -1.85. The smallest absolute Gasteiger partial charge is 0.153 e. The van der Waals surface area contributed by atoms with Gasteiger partial charge in [-0.1, -0.05) is 54.3 Å². The average molecular weight is 330 g/mol. The first-order chi connectivity index (χ1) is 10.7. The highest BCUT2D eigenvalue weighted by Gasteiger charge is 2.00. The number of hydrogen-bond donors (Lipinski definition) is 1. The first kappa shape index (κ1) is 16.5. The number of hydrogen-bond acceptors (Lipinski definition) is 4. The van der Waals surface area contributed by atoms with Gasteiger partial charge in [-0.25, -0.2) is 0 Å². The van der Waals surface area contributed by atoms with E-state index in [4.69, 9.17) is 17.0 Å². The molecule has 0 bridgehead atoms. The van der Waals surface area contributed by atoms with Crippen LogP contribution in [0.5, 0.6) is 5.75 Å². The molecule has 0 saturated carbocycles. The van der Waals surface area contributed by atoms with E-state index in [9.17, 15) is 0 Å². The molecular formula is C17H18N2OS2. The van der Waals surface area contributed by atoms with Crippen LogP contribution in [0.4, 0.5) is 0 Å². The number of ether oxygens (including phenoxy) is 1. The summed E-state index contributed by atoms with van der Waals surface area (Å²) in [5, 5.41) is 4.25. The van der Waals surface area contributed by atoms with Gasteiger partial charge in [0, 0.05) is 0 Å². The molecule has 0 fully saturated rings. The second kappa shape index (κ2) is 8.56. The van der Waals surface area contributed by atoms with Gasteiger partial charge in [0.15, 0.2) is 4.32 Å². The van der Waals surface area contributed by atoms with Gasteiger partial charge in [-0.15, -0.1) is 0 Å². The summed E-state index contributed by atoms with van der Waals surface area (Å²) >= 11 is 6.51. The fourth-order valence-corrected chi connectivity index (χ4v) is 1.96. The number of hydrazone groups is 1. The summed E-state index contributed by atoms with van der Waals surface area (Å²) in [7, 11) is 0. The molecule has 0 unspecified atom stereocenters. The summed E-state index contributed by atoms with van der Waals surface area (Å²) in [6.45, 7) is 2.51. The maximum Gasteiger partial charge on any atom is 0.153 e. The van der Waals surface area contributed by atoms with E-state index in [1.807, 2.05) is 67.8 Å². The van der Waals surface area contributed by atoms with Crippen LogP contribution in [0.15, 0.2) is 59.7 Å². The normalized spacial score (nSPS) is 11.1. The lowest BCUT2D eigenvalue weighted by atomic mass is 10.1. The zero-order chi connectivity index (χ0) is 15.8. The van der Waals surface area contributed by atoms with Crippen LogP contribution in [0.3, 0.4) is 0 Å². The third-order valence-electron chi connectivity index (χ3n) is 3.02. The Morgan fingerprint density at radius 2 is 1.82 bits per heavy atom. The lowest BCUT2D eigenvalue weighted by Gasteiger charge is -2.07. The second-order valence-corrected chi connectivity index (χ2v) is 6.08. The van der Waals surface area contributed by atoms with Gasteiger partial charge in [0.25, 0.3) is 0 Å². The molecule has 0 saturated heterocycles. The van der Waals surface area contributed by atoms with Crippen LogP contribution >= 0.6 is 24.0 Å². The van der Waals surface area contributed by atoms with E-state index in [1.165, 1.54) is 11.8 Å². The SMILES string of the molecule is CSC(=S)NN=C(C)c1ccc(OCc2ccccc2)cc1. The van der Waals surface area contributed by atoms with Crippen molar-refractivity contribution in [3.8, 4) is 5.75 Å². The Labute approximate surface area is 140 Å². The van der Waals surface area contributed by atoms with Gasteiger partial charge in [-0.05, 0) is 48.6 Å². The first-order valence-electron chi connectivity index (χ1n) is 6.84. The van der Waals surface area contributed by atoms with Crippen molar-refractivity contribution in [3.63, 3.8) is 0 Å². The zero-order valence-corrected chi connectivity index (χ0v) is 14.2. The summed E-state index contributed by atoms with van der Waals surface area (Å²) in [5.41, 5.74) is 5.91. The molecule has 0 amide bonds. The van der Waals surface area contributed by atoms with Gasteiger partial charge in [-0.2, -0.15) is 5.10 Å². The highest BCUT2D eigenvalue weighted by atomic mass is 32.2. The fourth-order valence-electron chi connectivity index (χ4n) is 1.77. The summed E-state index contributed by atoms with van der Waals surface area (Å²) in [6.07, 6.45) is 1.92. The average Bonchev–Trinajstić information content (AvgIpc) is 2.59. The van der Waals surface area contributed by atoms with Gasteiger partial charge in [-0.3, -0.25) is 5.43 Å². The van der Waals surface area contributed by atoms with E-state index in [-0.39, 0.29) is 0 Å². The molecule has 0 aliphatic rings. The minimum atomic E-state index is 0.566. The molecule has 3 nitrogen and oxygen atoms in total. The van der Waals surface area contributed by atoms with Crippen LogP contribution in [0, 0.1) is 0 Å². The Balaban J connectivity index is 1.93. The highest BCUT2D eigenvalue weighted by molar-refractivity contribution is 8.22. The predicted molar refractivity (Wildman–Crippen MR) is 98.7 cm³/mol. The molecule has 0 aliphatic carbocycles. The van der Waals surface area contributed by atoms with Crippen molar-refractivity contribution in [2.24, 2.45) is 5.10 Å². The Kier molecular flexibility index (Phi) is 6.43. The van der Waals surface area contributed by atoms with Crippen molar-refractivity contribution < 1.29 is 4.74 Å². The summed E-state index contributed by atoms with van der Waals surface area (Å²) < 4.78 is 6.42. The Bertz CT molecular complexity index is 639. The lowest BCUT2D eigenvalue weighted by Crippen LogP contribution is -2.13. The Morgan fingerprint density at radius 3 is 2.45 bits per heavy atom. The molecule has 0 heterocycles. The summed E-state index contributed by atoms with van der Waals surface area (Å²) in [6, 6.07) is 18.0. The van der Waals surface area contributed by atoms with Crippen LogP contribution < -0.4 is 10.2 Å². The third kappa shape index (κ3) is 5.16. The molecule has 0 spiro atoms. The number of nitrogens with one attached hydrogen (secondary N) is 1. The van der Waals surface area contributed by atoms with Crippen molar-refractivity contribution in [1.82, 2.24) is 5.43 Å². The van der Waals surface area contributed by atoms with Crippen molar-refractivity contribution in [1.29, 1.82) is 0 Å². The van der Waals surface area contributed by atoms with Crippen molar-refractivity contribution in [2.75, 3.05) is 6.26 Å². The van der Waals surface area contributed by atoms with Crippen LogP contribution in [-0.2, 0) is 6.61 Å². The zero-order valence-electron chi connectivity index (χ0n) is 12.6. The van der Waals surface area contributed by atoms with E-state index in [0.717, 1.165) is 22.6 Å². The molecule has 22 heavy (non-hydrogen) atoms. The Morgan fingerprint density at radius 1 is 1.14 bits per heavy atom. The molecule has 0 atom stereocenters. The van der Waals surface area contributed by atoms with Crippen LogP contribution in [-0.4, -0.2) is 16.3 Å². The van der Waals surface area contributed by atoms with E-state index in [0.29, 0.717) is 10.9 Å². The molecule has 0 radical (unpaired) electrons. The van der Waals surface area contributed by atoms with Gasteiger partial charge in [0.05, 0.1) is 5.71 Å². The molecule has 1 N–H and O–H groups in total. The maximum absolute atomic E-state index is 5.76. The molecular weight excluding hydrogens is 312 g/mol. The molecule has 5 heteroatoms. The first-order valence-corrected chi connectivity index (χ1v) is 8.48. The minimum Gasteiger partial charge on any atom is -0.489 e. The topological polar surface area (TPSA) is 33.6 Å². The number of thiocarbonyl (C=S) groups is 1. The molecule has 0 aromatic heterocycles. The maximum atomic E-state index is 5.76. The molecule has 2 aromatic carbocycles. The van der Waals surface area contributed by atoms with Gasteiger partial charge in [0.1, 0.15) is 12.4 Å². The highest BCUT2D eigenvalue weighted by Crippen LogP contribution is 2.14. The van der Waals surface area contributed by atoms with Gasteiger partial charge in [0.2, 0.25) is 0 Å². The van der Waals surface area contributed by atoms with Crippen LogP contribution in [0.25, 0.3) is 0 Å².